The van der Waals surface area contributed by atoms with Gasteiger partial charge in [-0.3, -0.25) is 4.79 Å². The summed E-state index contributed by atoms with van der Waals surface area (Å²) in [5.41, 5.74) is 4.99. The molecule has 0 aliphatic carbocycles. The van der Waals surface area contributed by atoms with Gasteiger partial charge < -0.3 is 10.8 Å². The van der Waals surface area contributed by atoms with Crippen LogP contribution in [0, 0.1) is 11.3 Å². The zero-order chi connectivity index (χ0) is 11.6. The molecule has 1 rings (SSSR count). The summed E-state index contributed by atoms with van der Waals surface area (Å²) in [6, 6.07) is 0.978. The van der Waals surface area contributed by atoms with E-state index in [2.05, 4.69) is 11.1 Å². The highest BCUT2D eigenvalue weighted by atomic mass is 32.1. The van der Waals surface area contributed by atoms with Crippen LogP contribution in [-0.4, -0.2) is 16.1 Å². The molecule has 3 N–H and O–H groups in total. The molecule has 1 heterocycles. The number of nitriles is 1. The lowest BCUT2D eigenvalue weighted by molar-refractivity contribution is -0.138. The third-order valence-electron chi connectivity index (χ3n) is 1.92. The van der Waals surface area contributed by atoms with E-state index in [1.165, 1.54) is 11.3 Å². The number of hydrogen-bond donors (Lipinski definition) is 2. The van der Waals surface area contributed by atoms with Crippen LogP contribution in [0.15, 0.2) is 5.38 Å². The van der Waals surface area contributed by atoms with Crippen LogP contribution in [0.5, 0.6) is 0 Å². The molecule has 6 heteroatoms. The fourth-order valence-electron chi connectivity index (χ4n) is 0.890. The van der Waals surface area contributed by atoms with E-state index in [0.717, 1.165) is 0 Å². The van der Waals surface area contributed by atoms with E-state index in [4.69, 9.17) is 16.1 Å². The number of carboxylic acids is 1. The smallest absolute Gasteiger partial charge is 0.326 e. The van der Waals surface area contributed by atoms with Crippen LogP contribution < -0.4 is 5.73 Å². The molecule has 0 radical (unpaired) electrons. The van der Waals surface area contributed by atoms with Crippen LogP contribution in [-0.2, 0) is 10.2 Å². The second kappa shape index (κ2) is 3.96. The van der Waals surface area contributed by atoms with Crippen molar-refractivity contribution in [2.45, 2.75) is 25.3 Å². The number of aliphatic carboxylic acids is 1. The molecule has 1 unspecified atom stereocenters. The van der Waals surface area contributed by atoms with Crippen molar-refractivity contribution in [1.29, 1.82) is 5.26 Å². The van der Waals surface area contributed by atoms with Crippen molar-refractivity contribution in [1.82, 2.24) is 4.98 Å². The summed E-state index contributed by atoms with van der Waals surface area (Å²) >= 11 is 1.25. The molecular formula is C9H11N3O2S. The predicted octanol–water partition coefficient (Wildman–Crippen LogP) is 1.03. The average Bonchev–Trinajstić information content (AvgIpc) is 2.65. The number of rotatable bonds is 3. The van der Waals surface area contributed by atoms with Gasteiger partial charge in [0.25, 0.3) is 0 Å². The van der Waals surface area contributed by atoms with Gasteiger partial charge in [0.1, 0.15) is 16.5 Å². The Morgan fingerprint density at radius 3 is 2.87 bits per heavy atom. The fraction of sp³-hybridized carbons (Fsp3) is 0.444. The number of hydrogen-bond acceptors (Lipinski definition) is 5. The van der Waals surface area contributed by atoms with Crippen LogP contribution in [0.25, 0.3) is 0 Å². The largest absolute Gasteiger partial charge is 0.480 e. The average molecular weight is 225 g/mol. The fourth-order valence-corrected chi connectivity index (χ4v) is 1.82. The Morgan fingerprint density at radius 2 is 2.40 bits per heavy atom. The van der Waals surface area contributed by atoms with Gasteiger partial charge in [-0.1, -0.05) is 0 Å². The van der Waals surface area contributed by atoms with Crippen molar-refractivity contribution in [3.8, 4) is 6.07 Å². The van der Waals surface area contributed by atoms with Crippen molar-refractivity contribution in [3.05, 3.63) is 16.1 Å². The maximum Gasteiger partial charge on any atom is 0.326 e. The standard InChI is InChI=1S/C9H11N3O2S/c1-9(2,4-10)8-12-5(3-15-8)6(11)7(13)14/h3,6H,11H2,1-2H3,(H,13,14). The van der Waals surface area contributed by atoms with E-state index in [-0.39, 0.29) is 0 Å². The van der Waals surface area contributed by atoms with Gasteiger partial charge in [-0.15, -0.1) is 11.3 Å². The number of carbonyl (C=O) groups is 1. The Bertz CT molecular complexity index is 419. The first-order chi connectivity index (χ1) is 6.88. The van der Waals surface area contributed by atoms with Gasteiger partial charge in [-0.25, -0.2) is 4.98 Å². The van der Waals surface area contributed by atoms with Gasteiger partial charge in [-0.05, 0) is 13.8 Å². The maximum absolute atomic E-state index is 10.6. The van der Waals surface area contributed by atoms with Gasteiger partial charge in [0.2, 0.25) is 0 Å². The first-order valence-corrected chi connectivity index (χ1v) is 5.12. The summed E-state index contributed by atoms with van der Waals surface area (Å²) < 4.78 is 0. The van der Waals surface area contributed by atoms with Gasteiger partial charge in [0.15, 0.2) is 0 Å². The summed E-state index contributed by atoms with van der Waals surface area (Å²) in [7, 11) is 0. The minimum atomic E-state index is -1.12. The molecule has 0 saturated carbocycles. The Balaban J connectivity index is 3.01. The number of nitrogens with zero attached hydrogens (tertiary/aromatic N) is 2. The first kappa shape index (κ1) is 11.6. The molecule has 0 saturated heterocycles. The lowest BCUT2D eigenvalue weighted by Crippen LogP contribution is -2.21. The highest BCUT2D eigenvalue weighted by molar-refractivity contribution is 7.09. The van der Waals surface area contributed by atoms with E-state index in [9.17, 15) is 4.79 Å². The summed E-state index contributed by atoms with van der Waals surface area (Å²) in [5, 5.41) is 19.7. The SMILES string of the molecule is CC(C)(C#N)c1nc(C(N)C(=O)O)cs1. The highest BCUT2D eigenvalue weighted by Crippen LogP contribution is 2.27. The molecule has 80 valence electrons. The minimum absolute atomic E-state index is 0.297. The van der Waals surface area contributed by atoms with Crippen molar-refractivity contribution >= 4 is 17.3 Å². The molecule has 0 amide bonds. The Labute approximate surface area is 91.2 Å². The van der Waals surface area contributed by atoms with Gasteiger partial charge in [0.05, 0.1) is 11.8 Å². The normalized spacial score (nSPS) is 13.2. The Hall–Kier alpha value is -1.45. The quantitative estimate of drug-likeness (QED) is 0.800. The first-order valence-electron chi connectivity index (χ1n) is 4.24. The molecule has 0 aromatic carbocycles. The molecule has 0 bridgehead atoms. The molecule has 5 nitrogen and oxygen atoms in total. The third kappa shape index (κ3) is 2.32. The lowest BCUT2D eigenvalue weighted by Gasteiger charge is -2.10. The van der Waals surface area contributed by atoms with Crippen molar-refractivity contribution in [3.63, 3.8) is 0 Å². The van der Waals surface area contributed by atoms with Gasteiger partial charge >= 0.3 is 5.97 Å². The second-order valence-corrected chi connectivity index (χ2v) is 4.49. The van der Waals surface area contributed by atoms with Crippen molar-refractivity contribution < 1.29 is 9.90 Å². The van der Waals surface area contributed by atoms with Crippen LogP contribution in [0.4, 0.5) is 0 Å². The Morgan fingerprint density at radius 1 is 1.80 bits per heavy atom. The van der Waals surface area contributed by atoms with Gasteiger partial charge in [-0.2, -0.15) is 5.26 Å². The molecular weight excluding hydrogens is 214 g/mol. The van der Waals surface area contributed by atoms with Crippen LogP contribution in [0.3, 0.4) is 0 Å². The van der Waals surface area contributed by atoms with Crippen LogP contribution in [0.2, 0.25) is 0 Å². The number of carboxylic acid groups (broad SMARTS) is 1. The van der Waals surface area contributed by atoms with E-state index >= 15 is 0 Å². The summed E-state index contributed by atoms with van der Waals surface area (Å²) in [5.74, 6) is -1.12. The van der Waals surface area contributed by atoms with Crippen LogP contribution >= 0.6 is 11.3 Å². The summed E-state index contributed by atoms with van der Waals surface area (Å²) in [4.78, 5) is 14.7. The van der Waals surface area contributed by atoms with E-state index < -0.39 is 17.4 Å². The topological polar surface area (TPSA) is 100 Å². The van der Waals surface area contributed by atoms with Crippen molar-refractivity contribution in [2.75, 3.05) is 0 Å². The molecule has 1 aromatic rings. The van der Waals surface area contributed by atoms with E-state index in [1.807, 2.05) is 0 Å². The summed E-state index contributed by atoms with van der Waals surface area (Å²) in [6.45, 7) is 3.45. The monoisotopic (exact) mass is 225 g/mol. The molecule has 0 fully saturated rings. The number of aromatic nitrogens is 1. The second-order valence-electron chi connectivity index (χ2n) is 3.63. The van der Waals surface area contributed by atoms with Gasteiger partial charge in [0, 0.05) is 5.38 Å². The zero-order valence-corrected chi connectivity index (χ0v) is 9.21. The Kier molecular flexibility index (Phi) is 3.07. The molecule has 0 aliphatic heterocycles. The number of nitrogens with two attached hydrogens (primary N) is 1. The minimum Gasteiger partial charge on any atom is -0.480 e. The van der Waals surface area contributed by atoms with E-state index in [0.29, 0.717) is 10.7 Å². The molecule has 1 atom stereocenters. The molecule has 1 aromatic heterocycles. The van der Waals surface area contributed by atoms with E-state index in [1.54, 1.807) is 19.2 Å². The zero-order valence-electron chi connectivity index (χ0n) is 8.39. The molecule has 0 aliphatic rings. The number of thiazole rings is 1. The van der Waals surface area contributed by atoms with Crippen LogP contribution in [0.1, 0.15) is 30.6 Å². The van der Waals surface area contributed by atoms with Crippen molar-refractivity contribution in [2.24, 2.45) is 5.73 Å². The predicted molar refractivity (Wildman–Crippen MR) is 55.3 cm³/mol. The molecule has 0 spiro atoms. The maximum atomic E-state index is 10.6. The molecule has 15 heavy (non-hydrogen) atoms. The lowest BCUT2D eigenvalue weighted by atomic mass is 9.97. The highest BCUT2D eigenvalue weighted by Gasteiger charge is 2.26. The summed E-state index contributed by atoms with van der Waals surface area (Å²) in [6.07, 6.45) is 0. The third-order valence-corrected chi connectivity index (χ3v) is 3.11.